The Morgan fingerprint density at radius 1 is 1.20 bits per heavy atom. The Balaban J connectivity index is 2.15. The number of hydrogen-bond donors (Lipinski definition) is 1. The molecule has 0 aliphatic rings. The normalized spacial score (nSPS) is 10.9. The van der Waals surface area contributed by atoms with Gasteiger partial charge in [-0.15, -0.1) is 11.3 Å². The van der Waals surface area contributed by atoms with Gasteiger partial charge >= 0.3 is 0 Å². The summed E-state index contributed by atoms with van der Waals surface area (Å²) >= 11 is 3.70. The van der Waals surface area contributed by atoms with Gasteiger partial charge in [0.2, 0.25) is 0 Å². The molecule has 0 saturated carbocycles. The van der Waals surface area contributed by atoms with Gasteiger partial charge in [0.25, 0.3) is 0 Å². The van der Waals surface area contributed by atoms with Gasteiger partial charge in [-0.2, -0.15) is 11.8 Å². The van der Waals surface area contributed by atoms with Gasteiger partial charge in [0, 0.05) is 22.7 Å². The summed E-state index contributed by atoms with van der Waals surface area (Å²) in [6, 6.07) is 10.5. The number of nitrogens with zero attached hydrogens (tertiary/aromatic N) is 1. The van der Waals surface area contributed by atoms with E-state index >= 15 is 0 Å². The highest BCUT2D eigenvalue weighted by molar-refractivity contribution is 7.97. The molecule has 2 rings (SSSR count). The molecule has 0 saturated heterocycles. The topological polar surface area (TPSA) is 24.9 Å². The fourth-order valence-corrected chi connectivity index (χ4v) is 3.87. The van der Waals surface area contributed by atoms with E-state index in [9.17, 15) is 0 Å². The third-order valence-corrected chi connectivity index (χ3v) is 4.87. The first-order chi connectivity index (χ1) is 9.85. The molecule has 1 heterocycles. The SMILES string of the molecule is CCCNCCc1sc(CSC)nc1-c1ccccc1. The average Bonchev–Trinajstić information content (AvgIpc) is 2.88. The van der Waals surface area contributed by atoms with Crippen LogP contribution in [0.3, 0.4) is 0 Å². The minimum absolute atomic E-state index is 1.01. The number of thiazole rings is 1. The largest absolute Gasteiger partial charge is 0.316 e. The summed E-state index contributed by atoms with van der Waals surface area (Å²) in [6.07, 6.45) is 4.38. The Kier molecular flexibility index (Phi) is 6.57. The van der Waals surface area contributed by atoms with Crippen molar-refractivity contribution < 1.29 is 0 Å². The van der Waals surface area contributed by atoms with Gasteiger partial charge in [-0.05, 0) is 25.6 Å². The molecule has 0 atom stereocenters. The highest BCUT2D eigenvalue weighted by Crippen LogP contribution is 2.30. The Bertz CT molecular complexity index is 508. The van der Waals surface area contributed by atoms with Crippen molar-refractivity contribution in [3.63, 3.8) is 0 Å². The summed E-state index contributed by atoms with van der Waals surface area (Å²) in [5.41, 5.74) is 2.42. The Morgan fingerprint density at radius 2 is 2.00 bits per heavy atom. The van der Waals surface area contributed by atoms with E-state index in [1.54, 1.807) is 0 Å². The number of nitrogens with one attached hydrogen (secondary N) is 1. The van der Waals surface area contributed by atoms with Crippen molar-refractivity contribution in [2.45, 2.75) is 25.5 Å². The van der Waals surface area contributed by atoms with Crippen molar-refractivity contribution in [2.24, 2.45) is 0 Å². The van der Waals surface area contributed by atoms with Crippen LogP contribution in [-0.4, -0.2) is 24.3 Å². The summed E-state index contributed by atoms with van der Waals surface area (Å²) < 4.78 is 0. The highest BCUT2D eigenvalue weighted by Gasteiger charge is 2.12. The minimum atomic E-state index is 1.01. The fraction of sp³-hybridized carbons (Fsp3) is 0.438. The third kappa shape index (κ3) is 4.33. The van der Waals surface area contributed by atoms with Gasteiger partial charge in [-0.1, -0.05) is 37.3 Å². The molecule has 0 amide bonds. The zero-order valence-corrected chi connectivity index (χ0v) is 13.8. The molecule has 0 bridgehead atoms. The van der Waals surface area contributed by atoms with E-state index in [2.05, 4.69) is 48.8 Å². The van der Waals surface area contributed by atoms with E-state index in [1.165, 1.54) is 27.6 Å². The lowest BCUT2D eigenvalue weighted by molar-refractivity contribution is 0.674. The second-order valence-corrected chi connectivity index (χ2v) is 6.71. The summed E-state index contributed by atoms with van der Waals surface area (Å²) in [6.45, 7) is 4.33. The zero-order chi connectivity index (χ0) is 14.2. The Labute approximate surface area is 130 Å². The Hall–Kier alpha value is -0.840. The molecule has 108 valence electrons. The van der Waals surface area contributed by atoms with Crippen LogP contribution in [0.1, 0.15) is 23.2 Å². The lowest BCUT2D eigenvalue weighted by Crippen LogP contribution is -2.17. The second-order valence-electron chi connectivity index (χ2n) is 4.68. The molecule has 1 aromatic heterocycles. The van der Waals surface area contributed by atoms with Crippen LogP contribution in [0.4, 0.5) is 0 Å². The molecule has 0 aliphatic heterocycles. The van der Waals surface area contributed by atoms with Crippen LogP contribution in [-0.2, 0) is 12.2 Å². The molecule has 0 aliphatic carbocycles. The second kappa shape index (κ2) is 8.45. The molecule has 0 fully saturated rings. The van der Waals surface area contributed by atoms with E-state index in [-0.39, 0.29) is 0 Å². The molecule has 4 heteroatoms. The van der Waals surface area contributed by atoms with Crippen molar-refractivity contribution in [3.8, 4) is 11.3 Å². The van der Waals surface area contributed by atoms with E-state index in [4.69, 9.17) is 4.98 Å². The van der Waals surface area contributed by atoms with Crippen molar-refractivity contribution in [2.75, 3.05) is 19.3 Å². The van der Waals surface area contributed by atoms with Gasteiger partial charge in [0.1, 0.15) is 5.01 Å². The van der Waals surface area contributed by atoms with Crippen LogP contribution in [0.25, 0.3) is 11.3 Å². The summed E-state index contributed by atoms with van der Waals surface area (Å²) in [7, 11) is 0. The monoisotopic (exact) mass is 306 g/mol. The lowest BCUT2D eigenvalue weighted by Gasteiger charge is -2.03. The van der Waals surface area contributed by atoms with Crippen LogP contribution >= 0.6 is 23.1 Å². The summed E-state index contributed by atoms with van der Waals surface area (Å²) in [5.74, 6) is 1.01. The van der Waals surface area contributed by atoms with E-state index in [0.29, 0.717) is 0 Å². The van der Waals surface area contributed by atoms with Gasteiger partial charge in [0.15, 0.2) is 0 Å². The predicted octanol–water partition coefficient (Wildman–Crippen LogP) is 4.22. The van der Waals surface area contributed by atoms with Crippen LogP contribution in [0, 0.1) is 0 Å². The van der Waals surface area contributed by atoms with Crippen molar-refractivity contribution in [3.05, 3.63) is 40.2 Å². The van der Waals surface area contributed by atoms with E-state index in [1.807, 2.05) is 23.1 Å². The summed E-state index contributed by atoms with van der Waals surface area (Å²) in [4.78, 5) is 6.25. The first-order valence-electron chi connectivity index (χ1n) is 7.08. The van der Waals surface area contributed by atoms with Gasteiger partial charge in [-0.3, -0.25) is 0 Å². The molecule has 1 aromatic carbocycles. The molecular weight excluding hydrogens is 284 g/mol. The molecule has 0 unspecified atom stereocenters. The van der Waals surface area contributed by atoms with E-state index in [0.717, 1.165) is 25.3 Å². The first-order valence-corrected chi connectivity index (χ1v) is 9.29. The predicted molar refractivity (Wildman–Crippen MR) is 91.6 cm³/mol. The Morgan fingerprint density at radius 3 is 2.70 bits per heavy atom. The quantitative estimate of drug-likeness (QED) is 0.739. The number of hydrogen-bond acceptors (Lipinski definition) is 4. The molecule has 0 radical (unpaired) electrons. The van der Waals surface area contributed by atoms with Crippen LogP contribution < -0.4 is 5.32 Å². The van der Waals surface area contributed by atoms with Crippen molar-refractivity contribution in [1.29, 1.82) is 0 Å². The minimum Gasteiger partial charge on any atom is -0.316 e. The zero-order valence-electron chi connectivity index (χ0n) is 12.2. The first kappa shape index (κ1) is 15.5. The number of benzene rings is 1. The molecule has 20 heavy (non-hydrogen) atoms. The lowest BCUT2D eigenvalue weighted by atomic mass is 10.1. The molecule has 1 N–H and O–H groups in total. The van der Waals surface area contributed by atoms with Gasteiger partial charge in [0.05, 0.1) is 5.69 Å². The smallest absolute Gasteiger partial charge is 0.103 e. The molecule has 0 spiro atoms. The fourth-order valence-electron chi connectivity index (χ4n) is 2.08. The molecule has 2 nitrogen and oxygen atoms in total. The van der Waals surface area contributed by atoms with E-state index < -0.39 is 0 Å². The average molecular weight is 306 g/mol. The standard InChI is InChI=1S/C16H22N2S2/c1-3-10-17-11-9-14-16(13-7-5-4-6-8-13)18-15(20-14)12-19-2/h4-8,17H,3,9-12H2,1-2H3. The van der Waals surface area contributed by atoms with Gasteiger partial charge in [-0.25, -0.2) is 4.98 Å². The number of aromatic nitrogens is 1. The maximum Gasteiger partial charge on any atom is 0.103 e. The molecular formula is C16H22N2S2. The van der Waals surface area contributed by atoms with Crippen LogP contribution in [0.15, 0.2) is 30.3 Å². The highest BCUT2D eigenvalue weighted by atomic mass is 32.2. The maximum absolute atomic E-state index is 4.84. The number of rotatable bonds is 8. The van der Waals surface area contributed by atoms with Gasteiger partial charge < -0.3 is 5.32 Å². The van der Waals surface area contributed by atoms with Crippen LogP contribution in [0.5, 0.6) is 0 Å². The number of thioether (sulfide) groups is 1. The van der Waals surface area contributed by atoms with Crippen molar-refractivity contribution >= 4 is 23.1 Å². The molecule has 2 aromatic rings. The third-order valence-electron chi connectivity index (χ3n) is 3.01. The van der Waals surface area contributed by atoms with Crippen LogP contribution in [0.2, 0.25) is 0 Å². The maximum atomic E-state index is 4.84. The van der Waals surface area contributed by atoms with Crippen molar-refractivity contribution in [1.82, 2.24) is 10.3 Å². The summed E-state index contributed by atoms with van der Waals surface area (Å²) in [5, 5.41) is 4.71.